The van der Waals surface area contributed by atoms with Crippen LogP contribution in [0.25, 0.3) is 0 Å². The molecule has 31 heavy (non-hydrogen) atoms. The van der Waals surface area contributed by atoms with Gasteiger partial charge < -0.3 is 14.2 Å². The number of unbranched alkanes of at least 4 members (excludes halogenated alkanes) is 2. The smallest absolute Gasteiger partial charge is 0.312 e. The first-order valence-corrected chi connectivity index (χ1v) is 12.1. The van der Waals surface area contributed by atoms with E-state index in [1.54, 1.807) is 6.92 Å². The Labute approximate surface area is 189 Å². The number of hydrogen-bond donors (Lipinski definition) is 0. The van der Waals surface area contributed by atoms with Crippen molar-refractivity contribution in [1.82, 2.24) is 0 Å². The van der Waals surface area contributed by atoms with Gasteiger partial charge in [0.15, 0.2) is 0 Å². The molecule has 0 aromatic rings. The molecule has 182 valence electrons. The van der Waals surface area contributed by atoms with Crippen LogP contribution < -0.4 is 0 Å². The second kappa shape index (κ2) is 16.1. The number of rotatable bonds is 17. The third-order valence-corrected chi connectivity index (χ3v) is 5.55. The van der Waals surface area contributed by atoms with Crippen molar-refractivity contribution in [3.8, 4) is 0 Å². The van der Waals surface area contributed by atoms with Gasteiger partial charge in [-0.05, 0) is 32.6 Å². The Bertz CT molecular complexity index is 528. The minimum absolute atomic E-state index is 0.0192. The Hall–Kier alpha value is -1.59. The van der Waals surface area contributed by atoms with Crippen molar-refractivity contribution in [2.75, 3.05) is 19.8 Å². The van der Waals surface area contributed by atoms with Crippen LogP contribution >= 0.6 is 0 Å². The lowest BCUT2D eigenvalue weighted by atomic mass is 9.95. The minimum Gasteiger partial charge on any atom is -0.465 e. The Morgan fingerprint density at radius 2 is 1.13 bits per heavy atom. The van der Waals surface area contributed by atoms with Crippen LogP contribution in [0.5, 0.6) is 0 Å². The van der Waals surface area contributed by atoms with Crippen LogP contribution in [-0.2, 0) is 28.6 Å². The lowest BCUT2D eigenvalue weighted by molar-refractivity contribution is -0.160. The van der Waals surface area contributed by atoms with E-state index in [1.807, 2.05) is 27.7 Å². The molecule has 0 aliphatic carbocycles. The largest absolute Gasteiger partial charge is 0.465 e. The Morgan fingerprint density at radius 3 is 1.55 bits per heavy atom. The average molecular weight is 443 g/mol. The molecule has 0 amide bonds. The molecule has 0 spiro atoms. The van der Waals surface area contributed by atoms with Crippen molar-refractivity contribution >= 4 is 17.9 Å². The first-order valence-electron chi connectivity index (χ1n) is 12.1. The van der Waals surface area contributed by atoms with Gasteiger partial charge in [0.1, 0.15) is 6.61 Å². The topological polar surface area (TPSA) is 78.9 Å². The summed E-state index contributed by atoms with van der Waals surface area (Å²) in [6, 6.07) is 0. The van der Waals surface area contributed by atoms with Crippen LogP contribution in [0.1, 0.15) is 99.8 Å². The van der Waals surface area contributed by atoms with Crippen LogP contribution in [0.3, 0.4) is 0 Å². The molecule has 0 aliphatic heterocycles. The molecule has 6 heteroatoms. The molecular weight excluding hydrogens is 396 g/mol. The summed E-state index contributed by atoms with van der Waals surface area (Å²) in [5.74, 6) is -1.55. The molecule has 0 bridgehead atoms. The zero-order valence-electron chi connectivity index (χ0n) is 21.0. The van der Waals surface area contributed by atoms with Crippen molar-refractivity contribution in [1.29, 1.82) is 0 Å². The van der Waals surface area contributed by atoms with Gasteiger partial charge in [0, 0.05) is 5.41 Å². The van der Waals surface area contributed by atoms with E-state index in [2.05, 4.69) is 13.8 Å². The fourth-order valence-electron chi connectivity index (χ4n) is 3.11. The molecule has 0 N–H and O–H groups in total. The first kappa shape index (κ1) is 29.4. The van der Waals surface area contributed by atoms with E-state index in [4.69, 9.17) is 14.2 Å². The monoisotopic (exact) mass is 442 g/mol. The van der Waals surface area contributed by atoms with Gasteiger partial charge in [-0.3, -0.25) is 14.4 Å². The second-order valence-corrected chi connectivity index (χ2v) is 9.41. The summed E-state index contributed by atoms with van der Waals surface area (Å²) in [7, 11) is 0. The zero-order chi connectivity index (χ0) is 23.9. The summed E-state index contributed by atoms with van der Waals surface area (Å²) in [5.41, 5.74) is -0.488. The SMILES string of the molecule is CCCCC(CC)C(=O)OCC(C)C(=O)OCC(C)(C)COC(=O)C(CC)CCCC. The third-order valence-electron chi connectivity index (χ3n) is 5.55. The molecule has 0 saturated carbocycles. The first-order chi connectivity index (χ1) is 14.6. The Balaban J connectivity index is 4.39. The minimum atomic E-state index is -0.538. The lowest BCUT2D eigenvalue weighted by Crippen LogP contribution is -2.32. The normalized spacial score (nSPS) is 14.4. The van der Waals surface area contributed by atoms with Gasteiger partial charge in [-0.15, -0.1) is 0 Å². The Kier molecular flexibility index (Phi) is 15.3. The molecule has 0 radical (unpaired) electrons. The van der Waals surface area contributed by atoms with Crippen molar-refractivity contribution in [2.45, 2.75) is 99.8 Å². The van der Waals surface area contributed by atoms with Crippen molar-refractivity contribution in [3.05, 3.63) is 0 Å². The molecule has 0 rings (SSSR count). The van der Waals surface area contributed by atoms with Gasteiger partial charge in [0.05, 0.1) is 31.0 Å². The highest BCUT2D eigenvalue weighted by molar-refractivity contribution is 5.75. The highest BCUT2D eigenvalue weighted by Gasteiger charge is 2.27. The quantitative estimate of drug-likeness (QED) is 0.212. The molecule has 0 saturated heterocycles. The van der Waals surface area contributed by atoms with Crippen LogP contribution in [0, 0.1) is 23.2 Å². The van der Waals surface area contributed by atoms with E-state index in [0.29, 0.717) is 0 Å². The van der Waals surface area contributed by atoms with Gasteiger partial charge >= 0.3 is 17.9 Å². The van der Waals surface area contributed by atoms with Crippen molar-refractivity contribution in [2.24, 2.45) is 23.2 Å². The molecule has 6 nitrogen and oxygen atoms in total. The summed E-state index contributed by atoms with van der Waals surface area (Å²) >= 11 is 0. The number of esters is 3. The van der Waals surface area contributed by atoms with Gasteiger partial charge in [-0.2, -0.15) is 0 Å². The number of hydrogen-bond acceptors (Lipinski definition) is 6. The highest BCUT2D eigenvalue weighted by atomic mass is 16.6. The van der Waals surface area contributed by atoms with E-state index in [-0.39, 0.29) is 43.6 Å². The molecule has 0 aliphatic rings. The number of carbonyl (C=O) groups is 3. The van der Waals surface area contributed by atoms with E-state index in [9.17, 15) is 14.4 Å². The summed E-state index contributed by atoms with van der Waals surface area (Å²) in [5, 5.41) is 0. The molecular formula is C25H46O6. The number of carbonyl (C=O) groups excluding carboxylic acids is 3. The molecule has 0 aromatic carbocycles. The molecule has 0 fully saturated rings. The van der Waals surface area contributed by atoms with E-state index in [1.165, 1.54) is 0 Å². The lowest BCUT2D eigenvalue weighted by Gasteiger charge is -2.25. The van der Waals surface area contributed by atoms with Crippen LogP contribution in [-0.4, -0.2) is 37.7 Å². The molecule has 0 heterocycles. The second-order valence-electron chi connectivity index (χ2n) is 9.41. The van der Waals surface area contributed by atoms with Crippen LogP contribution in [0.15, 0.2) is 0 Å². The van der Waals surface area contributed by atoms with Gasteiger partial charge in [-0.1, -0.05) is 67.2 Å². The fraction of sp³-hybridized carbons (Fsp3) is 0.880. The summed E-state index contributed by atoms with van der Waals surface area (Å²) < 4.78 is 16.3. The van der Waals surface area contributed by atoms with Crippen molar-refractivity contribution < 1.29 is 28.6 Å². The van der Waals surface area contributed by atoms with E-state index >= 15 is 0 Å². The maximum Gasteiger partial charge on any atom is 0.312 e. The van der Waals surface area contributed by atoms with Crippen molar-refractivity contribution in [3.63, 3.8) is 0 Å². The zero-order valence-corrected chi connectivity index (χ0v) is 21.0. The van der Waals surface area contributed by atoms with Gasteiger partial charge in [-0.25, -0.2) is 0 Å². The summed E-state index contributed by atoms with van der Waals surface area (Å²) in [4.78, 5) is 36.8. The molecule has 3 unspecified atom stereocenters. The van der Waals surface area contributed by atoms with E-state index < -0.39 is 17.3 Å². The molecule has 0 aromatic heterocycles. The summed E-state index contributed by atoms with van der Waals surface area (Å²) in [6.07, 6.45) is 7.25. The van der Waals surface area contributed by atoms with Gasteiger partial charge in [0.25, 0.3) is 0 Å². The van der Waals surface area contributed by atoms with E-state index in [0.717, 1.165) is 51.4 Å². The maximum atomic E-state index is 12.3. The van der Waals surface area contributed by atoms with Crippen LogP contribution in [0.2, 0.25) is 0 Å². The summed E-state index contributed by atoms with van der Waals surface area (Å²) in [6.45, 7) is 14.0. The fourth-order valence-corrected chi connectivity index (χ4v) is 3.11. The number of ether oxygens (including phenoxy) is 3. The predicted octanol–water partition coefficient (Wildman–Crippen LogP) is 5.71. The predicted molar refractivity (Wildman–Crippen MR) is 122 cm³/mol. The standard InChI is InChI=1S/C25H46O6/c1-8-12-14-20(10-3)23(27)29-16-19(5)22(26)30-17-25(6,7)18-31-24(28)21(11-4)15-13-9-2/h19-21H,8-18H2,1-7H3. The third kappa shape index (κ3) is 12.8. The van der Waals surface area contributed by atoms with Crippen LogP contribution in [0.4, 0.5) is 0 Å². The highest BCUT2D eigenvalue weighted by Crippen LogP contribution is 2.21. The average Bonchev–Trinajstić information content (AvgIpc) is 2.75. The van der Waals surface area contributed by atoms with Gasteiger partial charge in [0.2, 0.25) is 0 Å². The maximum absolute atomic E-state index is 12.3. The Morgan fingerprint density at radius 1 is 0.710 bits per heavy atom. The molecule has 3 atom stereocenters.